The Hall–Kier alpha value is -1.47. The number of carbonyl (C=O) groups excluding carboxylic acids is 1. The molecule has 1 aromatic rings. The van der Waals surface area contributed by atoms with Gasteiger partial charge in [0.2, 0.25) is 10.0 Å². The lowest BCUT2D eigenvalue weighted by atomic mass is 10.2. The van der Waals surface area contributed by atoms with Gasteiger partial charge in [0.1, 0.15) is 5.82 Å². The molecule has 0 heterocycles. The average molecular weight is 330 g/mol. The summed E-state index contributed by atoms with van der Waals surface area (Å²) in [7, 11) is -3.71. The lowest BCUT2D eigenvalue weighted by molar-refractivity contribution is 0.0949. The van der Waals surface area contributed by atoms with Gasteiger partial charge in [0.15, 0.2) is 0 Å². The van der Waals surface area contributed by atoms with Crippen LogP contribution in [0.2, 0.25) is 0 Å². The second-order valence-corrected chi connectivity index (χ2v) is 6.78. The molecule has 22 heavy (non-hydrogen) atoms. The highest BCUT2D eigenvalue weighted by Crippen LogP contribution is 2.19. The van der Waals surface area contributed by atoms with Crippen LogP contribution in [0.3, 0.4) is 0 Å². The van der Waals surface area contributed by atoms with Crippen molar-refractivity contribution in [2.75, 3.05) is 19.6 Å². The maximum absolute atomic E-state index is 13.8. The first-order valence-electron chi connectivity index (χ1n) is 7.46. The summed E-state index contributed by atoms with van der Waals surface area (Å²) in [5.74, 6) is -1.32. The van der Waals surface area contributed by atoms with Gasteiger partial charge in [0.05, 0.1) is 10.5 Å². The molecule has 5 nitrogen and oxygen atoms in total. The minimum absolute atomic E-state index is 0.0711. The Morgan fingerprint density at radius 3 is 2.41 bits per heavy atom. The molecule has 0 radical (unpaired) electrons. The number of amides is 1. The molecule has 1 aromatic carbocycles. The third kappa shape index (κ3) is 4.27. The van der Waals surface area contributed by atoms with Crippen molar-refractivity contribution in [2.24, 2.45) is 0 Å². The van der Waals surface area contributed by atoms with Gasteiger partial charge in [0, 0.05) is 19.6 Å². The summed E-state index contributed by atoms with van der Waals surface area (Å²) in [6.07, 6.45) is 1.68. The highest BCUT2D eigenvalue weighted by atomic mass is 32.2. The Kier molecular flexibility index (Phi) is 6.96. The van der Waals surface area contributed by atoms with E-state index in [1.54, 1.807) is 13.8 Å². The van der Waals surface area contributed by atoms with E-state index in [-0.39, 0.29) is 10.5 Å². The first kappa shape index (κ1) is 18.6. The molecule has 124 valence electrons. The lowest BCUT2D eigenvalue weighted by Gasteiger charge is -2.18. The lowest BCUT2D eigenvalue weighted by Crippen LogP contribution is -2.31. The number of sulfonamides is 1. The summed E-state index contributed by atoms with van der Waals surface area (Å²) in [5.41, 5.74) is -0.246. The molecule has 0 bridgehead atoms. The van der Waals surface area contributed by atoms with Crippen LogP contribution in [0.1, 0.15) is 44.0 Å². The summed E-state index contributed by atoms with van der Waals surface area (Å²) < 4.78 is 39.9. The fourth-order valence-corrected chi connectivity index (χ4v) is 3.51. The predicted octanol–water partition coefficient (Wildman–Crippen LogP) is 2.39. The van der Waals surface area contributed by atoms with Crippen LogP contribution in [-0.4, -0.2) is 38.3 Å². The minimum Gasteiger partial charge on any atom is -0.352 e. The van der Waals surface area contributed by atoms with Crippen LogP contribution in [0, 0.1) is 5.82 Å². The summed E-state index contributed by atoms with van der Waals surface area (Å²) in [6.45, 7) is 6.49. The van der Waals surface area contributed by atoms with Gasteiger partial charge in [0.25, 0.3) is 5.91 Å². The Labute approximate surface area is 131 Å². The zero-order valence-corrected chi connectivity index (χ0v) is 14.0. The number of unbranched alkanes of at least 4 members (excludes halogenated alkanes) is 1. The first-order valence-corrected chi connectivity index (χ1v) is 8.90. The summed E-state index contributed by atoms with van der Waals surface area (Å²) in [5, 5.41) is 2.59. The Bertz CT molecular complexity index is 613. The van der Waals surface area contributed by atoms with Crippen molar-refractivity contribution < 1.29 is 17.6 Å². The highest BCUT2D eigenvalue weighted by molar-refractivity contribution is 7.89. The normalized spacial score (nSPS) is 11.7. The van der Waals surface area contributed by atoms with E-state index in [1.807, 2.05) is 6.92 Å². The number of nitrogens with one attached hydrogen (secondary N) is 1. The van der Waals surface area contributed by atoms with Gasteiger partial charge in [-0.3, -0.25) is 4.79 Å². The van der Waals surface area contributed by atoms with Crippen LogP contribution in [0.4, 0.5) is 4.39 Å². The van der Waals surface area contributed by atoms with Crippen molar-refractivity contribution in [3.63, 3.8) is 0 Å². The van der Waals surface area contributed by atoms with Crippen LogP contribution in [0.25, 0.3) is 0 Å². The van der Waals surface area contributed by atoms with Crippen LogP contribution >= 0.6 is 0 Å². The monoisotopic (exact) mass is 330 g/mol. The summed E-state index contributed by atoms with van der Waals surface area (Å²) in [4.78, 5) is 11.9. The minimum atomic E-state index is -3.71. The Morgan fingerprint density at radius 1 is 1.23 bits per heavy atom. The average Bonchev–Trinajstić information content (AvgIpc) is 2.48. The molecule has 0 saturated heterocycles. The van der Waals surface area contributed by atoms with E-state index < -0.39 is 21.7 Å². The predicted molar refractivity (Wildman–Crippen MR) is 83.7 cm³/mol. The standard InChI is InChI=1S/C15H23FN2O3S/c1-4-7-10-17-15(19)13-11-12(8-9-14(13)16)22(20,21)18(5-2)6-3/h8-9,11H,4-7,10H2,1-3H3,(H,17,19). The molecule has 0 fully saturated rings. The molecule has 0 aromatic heterocycles. The maximum Gasteiger partial charge on any atom is 0.254 e. The maximum atomic E-state index is 13.8. The molecule has 7 heteroatoms. The number of nitrogens with zero attached hydrogens (tertiary/aromatic N) is 1. The van der Waals surface area contributed by atoms with Crippen molar-refractivity contribution in [3.8, 4) is 0 Å². The summed E-state index contributed by atoms with van der Waals surface area (Å²) >= 11 is 0. The third-order valence-corrected chi connectivity index (χ3v) is 5.39. The van der Waals surface area contributed by atoms with Gasteiger partial charge in [-0.2, -0.15) is 4.31 Å². The zero-order chi connectivity index (χ0) is 16.8. The SMILES string of the molecule is CCCCNC(=O)c1cc(S(=O)(=O)N(CC)CC)ccc1F. The second-order valence-electron chi connectivity index (χ2n) is 4.84. The molecular weight excluding hydrogens is 307 g/mol. The Morgan fingerprint density at radius 2 is 1.86 bits per heavy atom. The van der Waals surface area contributed by atoms with Gasteiger partial charge < -0.3 is 5.32 Å². The van der Waals surface area contributed by atoms with Gasteiger partial charge in [-0.1, -0.05) is 27.2 Å². The number of carbonyl (C=O) groups is 1. The van der Waals surface area contributed by atoms with Gasteiger partial charge in [-0.15, -0.1) is 0 Å². The van der Waals surface area contributed by atoms with Gasteiger partial charge in [-0.05, 0) is 24.6 Å². The smallest absolute Gasteiger partial charge is 0.254 e. The molecule has 0 saturated carbocycles. The molecule has 0 atom stereocenters. The van der Waals surface area contributed by atoms with E-state index in [0.717, 1.165) is 25.0 Å². The van der Waals surface area contributed by atoms with E-state index in [4.69, 9.17) is 0 Å². The molecule has 1 rings (SSSR count). The number of rotatable bonds is 8. The first-order chi connectivity index (χ1) is 10.4. The van der Waals surface area contributed by atoms with Crippen molar-refractivity contribution in [1.29, 1.82) is 0 Å². The third-order valence-electron chi connectivity index (χ3n) is 3.34. The molecule has 1 amide bonds. The van der Waals surface area contributed by atoms with Crippen LogP contribution in [0.5, 0.6) is 0 Å². The van der Waals surface area contributed by atoms with E-state index in [9.17, 15) is 17.6 Å². The van der Waals surface area contributed by atoms with E-state index in [2.05, 4.69) is 5.32 Å². The van der Waals surface area contributed by atoms with E-state index in [0.29, 0.717) is 19.6 Å². The number of halogens is 1. The van der Waals surface area contributed by atoms with E-state index >= 15 is 0 Å². The summed E-state index contributed by atoms with van der Waals surface area (Å²) in [6, 6.07) is 3.31. The zero-order valence-electron chi connectivity index (χ0n) is 13.2. The molecule has 0 aliphatic carbocycles. The van der Waals surface area contributed by atoms with Crippen molar-refractivity contribution in [3.05, 3.63) is 29.6 Å². The molecule has 1 N–H and O–H groups in total. The van der Waals surface area contributed by atoms with Crippen LogP contribution < -0.4 is 5.32 Å². The highest BCUT2D eigenvalue weighted by Gasteiger charge is 2.24. The van der Waals surface area contributed by atoms with Crippen molar-refractivity contribution in [2.45, 2.75) is 38.5 Å². The number of hydrogen-bond acceptors (Lipinski definition) is 3. The van der Waals surface area contributed by atoms with Crippen LogP contribution in [-0.2, 0) is 10.0 Å². The number of hydrogen-bond donors (Lipinski definition) is 1. The molecular formula is C15H23FN2O3S. The Balaban J connectivity index is 3.11. The fourth-order valence-electron chi connectivity index (χ4n) is 2.03. The van der Waals surface area contributed by atoms with Crippen molar-refractivity contribution in [1.82, 2.24) is 9.62 Å². The van der Waals surface area contributed by atoms with Crippen LogP contribution in [0.15, 0.2) is 23.1 Å². The quantitative estimate of drug-likeness (QED) is 0.744. The number of benzene rings is 1. The topological polar surface area (TPSA) is 66.5 Å². The van der Waals surface area contributed by atoms with Crippen molar-refractivity contribution >= 4 is 15.9 Å². The molecule has 0 aliphatic heterocycles. The second kappa shape index (κ2) is 8.24. The van der Waals surface area contributed by atoms with E-state index in [1.165, 1.54) is 10.4 Å². The van der Waals surface area contributed by atoms with Gasteiger partial charge in [-0.25, -0.2) is 12.8 Å². The van der Waals surface area contributed by atoms with Gasteiger partial charge >= 0.3 is 0 Å². The molecule has 0 spiro atoms. The fraction of sp³-hybridized carbons (Fsp3) is 0.533. The molecule has 0 aliphatic rings. The molecule has 0 unspecified atom stereocenters. The largest absolute Gasteiger partial charge is 0.352 e.